The molecule has 0 aliphatic rings. The van der Waals surface area contributed by atoms with Crippen LogP contribution in [-0.2, 0) is 20.2 Å². The van der Waals surface area contributed by atoms with Crippen LogP contribution in [0.3, 0.4) is 0 Å². The zero-order valence-corrected chi connectivity index (χ0v) is 14.0. The van der Waals surface area contributed by atoms with E-state index in [0.29, 0.717) is 6.42 Å². The van der Waals surface area contributed by atoms with Crippen molar-refractivity contribution < 1.29 is 17.9 Å². The second-order valence-electron chi connectivity index (χ2n) is 6.00. The maximum Gasteiger partial charge on any atom is 0.421 e. The van der Waals surface area contributed by atoms with Crippen molar-refractivity contribution in [1.29, 1.82) is 0 Å². The summed E-state index contributed by atoms with van der Waals surface area (Å²) in [6.45, 7) is 9.66. The molecule has 1 amide bonds. The molecular weight excluding hydrogens is 290 g/mol. The van der Waals surface area contributed by atoms with Crippen molar-refractivity contribution in [2.45, 2.75) is 57.5 Å². The standard InChI is InChI=1S/C15H23NO4S/c1-6-11(2)20-14(17)16-21(18,19)13-9-7-12(8-10-13)15(3,4)5/h7-11H,6H2,1-5H3,(H,16,17). The number of sulfonamides is 1. The number of carbonyl (C=O) groups is 1. The van der Waals surface area contributed by atoms with Gasteiger partial charge in [-0.15, -0.1) is 0 Å². The van der Waals surface area contributed by atoms with Crippen molar-refractivity contribution in [3.63, 3.8) is 0 Å². The molecule has 0 aliphatic heterocycles. The molecule has 118 valence electrons. The van der Waals surface area contributed by atoms with Gasteiger partial charge in [0.15, 0.2) is 0 Å². The molecule has 1 aromatic carbocycles. The van der Waals surface area contributed by atoms with Gasteiger partial charge in [0.2, 0.25) is 0 Å². The molecule has 1 unspecified atom stereocenters. The van der Waals surface area contributed by atoms with Gasteiger partial charge in [-0.25, -0.2) is 17.9 Å². The molecule has 21 heavy (non-hydrogen) atoms. The molecule has 5 nitrogen and oxygen atoms in total. The van der Waals surface area contributed by atoms with E-state index in [-0.39, 0.29) is 16.4 Å². The van der Waals surface area contributed by atoms with Crippen molar-refractivity contribution in [2.24, 2.45) is 0 Å². The van der Waals surface area contributed by atoms with Crippen molar-refractivity contribution in [2.75, 3.05) is 0 Å². The van der Waals surface area contributed by atoms with Gasteiger partial charge >= 0.3 is 6.09 Å². The van der Waals surface area contributed by atoms with Gasteiger partial charge in [-0.1, -0.05) is 39.8 Å². The summed E-state index contributed by atoms with van der Waals surface area (Å²) in [5.41, 5.74) is 0.953. The summed E-state index contributed by atoms with van der Waals surface area (Å²) in [7, 11) is -3.90. The van der Waals surface area contributed by atoms with E-state index in [9.17, 15) is 13.2 Å². The Morgan fingerprint density at radius 2 is 1.76 bits per heavy atom. The van der Waals surface area contributed by atoms with Gasteiger partial charge in [0.25, 0.3) is 10.0 Å². The first kappa shape index (κ1) is 17.5. The third-order valence-electron chi connectivity index (χ3n) is 3.13. The second-order valence-corrected chi connectivity index (χ2v) is 7.69. The highest BCUT2D eigenvalue weighted by Crippen LogP contribution is 2.23. The Bertz CT molecular complexity index is 585. The van der Waals surface area contributed by atoms with E-state index in [4.69, 9.17) is 4.74 Å². The number of benzene rings is 1. The summed E-state index contributed by atoms with van der Waals surface area (Å²) in [4.78, 5) is 11.6. The summed E-state index contributed by atoms with van der Waals surface area (Å²) in [5, 5.41) is 0. The van der Waals surface area contributed by atoms with E-state index in [1.54, 1.807) is 19.1 Å². The molecule has 0 aromatic heterocycles. The minimum absolute atomic E-state index is 0.0385. The molecule has 1 atom stereocenters. The fraction of sp³-hybridized carbons (Fsp3) is 0.533. The molecule has 1 N–H and O–H groups in total. The lowest BCUT2D eigenvalue weighted by atomic mass is 9.87. The van der Waals surface area contributed by atoms with Crippen LogP contribution in [0.4, 0.5) is 4.79 Å². The highest BCUT2D eigenvalue weighted by molar-refractivity contribution is 7.90. The molecule has 0 saturated carbocycles. The van der Waals surface area contributed by atoms with E-state index in [1.165, 1.54) is 12.1 Å². The maximum absolute atomic E-state index is 12.1. The van der Waals surface area contributed by atoms with Crippen LogP contribution in [0.15, 0.2) is 29.2 Å². The van der Waals surface area contributed by atoms with E-state index in [1.807, 2.05) is 32.4 Å². The molecule has 0 spiro atoms. The summed E-state index contributed by atoms with van der Waals surface area (Å²) < 4.78 is 30.9. The van der Waals surface area contributed by atoms with Crippen LogP contribution in [0, 0.1) is 0 Å². The minimum atomic E-state index is -3.90. The molecule has 0 saturated heterocycles. The number of ether oxygens (including phenoxy) is 1. The number of rotatable bonds is 4. The Balaban J connectivity index is 2.86. The second kappa shape index (κ2) is 6.47. The van der Waals surface area contributed by atoms with Crippen molar-refractivity contribution in [1.82, 2.24) is 4.72 Å². The number of hydrogen-bond acceptors (Lipinski definition) is 4. The molecule has 1 aromatic rings. The molecule has 0 bridgehead atoms. The first-order chi connectivity index (χ1) is 9.56. The molecule has 0 aliphatic carbocycles. The lowest BCUT2D eigenvalue weighted by Crippen LogP contribution is -2.33. The number of hydrogen-bond donors (Lipinski definition) is 1. The summed E-state index contributed by atoms with van der Waals surface area (Å²) in [6, 6.07) is 6.46. The van der Waals surface area contributed by atoms with Crippen LogP contribution in [-0.4, -0.2) is 20.6 Å². The Morgan fingerprint density at radius 3 is 2.19 bits per heavy atom. The Morgan fingerprint density at radius 1 is 1.24 bits per heavy atom. The molecule has 1 rings (SSSR count). The van der Waals surface area contributed by atoms with Crippen LogP contribution >= 0.6 is 0 Å². The smallest absolute Gasteiger partial charge is 0.421 e. The van der Waals surface area contributed by atoms with E-state index >= 15 is 0 Å². The third-order valence-corrected chi connectivity index (χ3v) is 4.46. The van der Waals surface area contributed by atoms with Crippen LogP contribution in [0.5, 0.6) is 0 Å². The Hall–Kier alpha value is -1.56. The van der Waals surface area contributed by atoms with Crippen molar-refractivity contribution in [3.8, 4) is 0 Å². The zero-order chi connectivity index (χ0) is 16.3. The summed E-state index contributed by atoms with van der Waals surface area (Å²) >= 11 is 0. The van der Waals surface area contributed by atoms with Crippen molar-refractivity contribution >= 4 is 16.1 Å². The van der Waals surface area contributed by atoms with Crippen LogP contribution < -0.4 is 4.72 Å². The van der Waals surface area contributed by atoms with Gasteiger partial charge < -0.3 is 4.74 Å². The van der Waals surface area contributed by atoms with E-state index in [2.05, 4.69) is 0 Å². The highest BCUT2D eigenvalue weighted by Gasteiger charge is 2.21. The molecular formula is C15H23NO4S. The predicted molar refractivity (Wildman–Crippen MR) is 81.7 cm³/mol. The lowest BCUT2D eigenvalue weighted by Gasteiger charge is -2.19. The van der Waals surface area contributed by atoms with Gasteiger partial charge in [0.1, 0.15) is 6.10 Å². The SMILES string of the molecule is CCC(C)OC(=O)NS(=O)(=O)c1ccc(C(C)(C)C)cc1. The average molecular weight is 313 g/mol. The number of nitrogens with one attached hydrogen (secondary N) is 1. The van der Waals surface area contributed by atoms with Crippen LogP contribution in [0.25, 0.3) is 0 Å². The number of carbonyl (C=O) groups excluding carboxylic acids is 1. The monoisotopic (exact) mass is 313 g/mol. The van der Waals surface area contributed by atoms with Gasteiger partial charge in [-0.05, 0) is 36.5 Å². The first-order valence-corrected chi connectivity index (χ1v) is 8.38. The fourth-order valence-corrected chi connectivity index (χ4v) is 2.47. The summed E-state index contributed by atoms with van der Waals surface area (Å²) in [5.74, 6) is 0. The highest BCUT2D eigenvalue weighted by atomic mass is 32.2. The van der Waals surface area contributed by atoms with Gasteiger partial charge in [0, 0.05) is 0 Å². The van der Waals surface area contributed by atoms with Gasteiger partial charge in [-0.2, -0.15) is 0 Å². The lowest BCUT2D eigenvalue weighted by molar-refractivity contribution is 0.110. The third kappa shape index (κ3) is 5.04. The topological polar surface area (TPSA) is 72.5 Å². The van der Waals surface area contributed by atoms with Crippen molar-refractivity contribution in [3.05, 3.63) is 29.8 Å². The fourth-order valence-electron chi connectivity index (χ4n) is 1.59. The Kier molecular flexibility index (Phi) is 5.39. The predicted octanol–water partition coefficient (Wildman–Crippen LogP) is 3.20. The first-order valence-electron chi connectivity index (χ1n) is 6.90. The van der Waals surface area contributed by atoms with Gasteiger partial charge in [0.05, 0.1) is 4.90 Å². The number of amides is 1. The molecule has 0 heterocycles. The maximum atomic E-state index is 12.1. The molecule has 0 radical (unpaired) electrons. The molecule has 0 fully saturated rings. The Labute approximate surface area is 126 Å². The summed E-state index contributed by atoms with van der Waals surface area (Å²) in [6.07, 6.45) is -0.666. The van der Waals surface area contributed by atoms with Gasteiger partial charge in [-0.3, -0.25) is 0 Å². The van der Waals surface area contributed by atoms with E-state index < -0.39 is 16.1 Å². The zero-order valence-electron chi connectivity index (χ0n) is 13.1. The average Bonchev–Trinajstić information content (AvgIpc) is 2.37. The van der Waals surface area contributed by atoms with Crippen LogP contribution in [0.1, 0.15) is 46.6 Å². The largest absolute Gasteiger partial charge is 0.446 e. The minimum Gasteiger partial charge on any atom is -0.446 e. The molecule has 6 heteroatoms. The van der Waals surface area contributed by atoms with E-state index in [0.717, 1.165) is 5.56 Å². The van der Waals surface area contributed by atoms with Crippen LogP contribution in [0.2, 0.25) is 0 Å². The normalized spacial score (nSPS) is 13.6. The quantitative estimate of drug-likeness (QED) is 0.926.